The zero-order valence-electron chi connectivity index (χ0n) is 27.7. The Morgan fingerprint density at radius 2 is 1.74 bits per heavy atom. The zero-order valence-corrected chi connectivity index (χ0v) is 28.7. The molecular weight excluding hydrogens is 534 g/mol. The minimum atomic E-state index is -1.76. The Morgan fingerprint density at radius 1 is 1.00 bits per heavy atom. The van der Waals surface area contributed by atoms with Crippen LogP contribution in [0.2, 0.25) is 18.1 Å². The molecule has 4 aliphatic carbocycles. The van der Waals surface area contributed by atoms with Crippen LogP contribution in [-0.4, -0.2) is 38.6 Å². The molecule has 5 aliphatic rings. The van der Waals surface area contributed by atoms with Gasteiger partial charge in [0.1, 0.15) is 11.6 Å². The average Bonchev–Trinajstić information content (AvgIpc) is 3.28. The van der Waals surface area contributed by atoms with Gasteiger partial charge in [-0.2, -0.15) is 0 Å². The molecule has 1 aromatic carbocycles. The Kier molecular flexibility index (Phi) is 7.71. The van der Waals surface area contributed by atoms with E-state index >= 15 is 0 Å². The lowest BCUT2D eigenvalue weighted by Crippen LogP contribution is -2.62. The highest BCUT2D eigenvalue weighted by molar-refractivity contribution is 6.74. The fourth-order valence-electron chi connectivity index (χ4n) is 10.3. The van der Waals surface area contributed by atoms with E-state index in [1.54, 1.807) is 5.57 Å². The second-order valence-electron chi connectivity index (χ2n) is 17.0. The first kappa shape index (κ1) is 30.6. The molecule has 0 aromatic heterocycles. The molecule has 0 amide bonds. The van der Waals surface area contributed by atoms with Crippen molar-refractivity contribution in [3.63, 3.8) is 0 Å². The first-order valence-corrected chi connectivity index (χ1v) is 19.9. The standard InChI is InChI=1S/C37H57NO3Si/c1-34(2,3)42(7,8)41-27-18-20-35(4)26(23-27)14-15-28-29-16-17-32(36(29,5)21-19-30(28)35)37(6)24-38-31(33(39)40-37)22-25-12-10-9-11-13-25/h9-14,27-32,38H,15-24H2,1-8H3/t27-,28?,29?,30?,31+,32?,35-,36-,37-/m0/s1. The van der Waals surface area contributed by atoms with Gasteiger partial charge in [-0.25, -0.2) is 0 Å². The number of rotatable bonds is 5. The molecule has 1 aromatic rings. The summed E-state index contributed by atoms with van der Waals surface area (Å²) in [7, 11) is -1.76. The number of cyclic esters (lactones) is 1. The summed E-state index contributed by atoms with van der Waals surface area (Å²) in [5.41, 5.74) is 3.01. The largest absolute Gasteiger partial charge is 0.457 e. The number of fused-ring (bicyclic) bond motifs is 5. The summed E-state index contributed by atoms with van der Waals surface area (Å²) in [6.07, 6.45) is 13.6. The summed E-state index contributed by atoms with van der Waals surface area (Å²) in [5.74, 6) is 2.59. The van der Waals surface area contributed by atoms with Gasteiger partial charge in [0.25, 0.3) is 0 Å². The van der Waals surface area contributed by atoms with Gasteiger partial charge in [-0.05, 0) is 117 Å². The fourth-order valence-corrected chi connectivity index (χ4v) is 11.7. The van der Waals surface area contributed by atoms with E-state index in [-0.39, 0.29) is 22.5 Å². The normalized spacial score (nSPS) is 42.2. The van der Waals surface area contributed by atoms with Crippen LogP contribution in [0.5, 0.6) is 0 Å². The van der Waals surface area contributed by atoms with Crippen molar-refractivity contribution in [2.24, 2.45) is 34.5 Å². The zero-order chi connectivity index (χ0) is 30.1. The maximum Gasteiger partial charge on any atom is 0.324 e. The van der Waals surface area contributed by atoms with Gasteiger partial charge in [0.05, 0.1) is 0 Å². The van der Waals surface area contributed by atoms with Crippen molar-refractivity contribution in [1.82, 2.24) is 5.32 Å². The number of esters is 1. The minimum absolute atomic E-state index is 0.0669. The third-order valence-electron chi connectivity index (χ3n) is 13.7. The number of ether oxygens (including phenoxy) is 1. The lowest BCUT2D eigenvalue weighted by Gasteiger charge is -2.59. The SMILES string of the molecule is CC(C)(C)[Si](C)(C)O[C@H]1CC[C@@]2(C)C(=CCC3C4CCC([C@]5(C)CN[C@H](Cc6ccccc6)C(=O)O5)[C@@]4(C)CCC32)C1. The van der Waals surface area contributed by atoms with Crippen LogP contribution in [0.1, 0.15) is 98.5 Å². The molecule has 5 heteroatoms. The minimum Gasteiger partial charge on any atom is -0.457 e. The summed E-state index contributed by atoms with van der Waals surface area (Å²) in [4.78, 5) is 13.3. The van der Waals surface area contributed by atoms with E-state index in [0.29, 0.717) is 23.9 Å². The molecule has 1 heterocycles. The van der Waals surface area contributed by atoms with Crippen molar-refractivity contribution in [1.29, 1.82) is 0 Å². The molecule has 9 atom stereocenters. The molecule has 4 unspecified atom stereocenters. The average molecular weight is 592 g/mol. The number of hydrogen-bond donors (Lipinski definition) is 1. The topological polar surface area (TPSA) is 47.6 Å². The maximum absolute atomic E-state index is 13.3. The van der Waals surface area contributed by atoms with Crippen LogP contribution in [0.25, 0.3) is 0 Å². The Bertz CT molecular complexity index is 1210. The Labute approximate surface area is 256 Å². The lowest BCUT2D eigenvalue weighted by molar-refractivity contribution is -0.184. The predicted octanol–water partition coefficient (Wildman–Crippen LogP) is 8.47. The second kappa shape index (κ2) is 10.6. The van der Waals surface area contributed by atoms with E-state index in [1.165, 1.54) is 50.5 Å². The first-order valence-electron chi connectivity index (χ1n) is 17.0. The first-order chi connectivity index (χ1) is 19.7. The summed E-state index contributed by atoms with van der Waals surface area (Å²) in [6, 6.07) is 10.1. The van der Waals surface area contributed by atoms with Crippen molar-refractivity contribution in [2.75, 3.05) is 6.54 Å². The summed E-state index contributed by atoms with van der Waals surface area (Å²) in [5, 5.41) is 3.89. The van der Waals surface area contributed by atoms with Gasteiger partial charge in [0.15, 0.2) is 8.32 Å². The van der Waals surface area contributed by atoms with E-state index in [4.69, 9.17) is 9.16 Å². The molecule has 1 N–H and O–H groups in total. The van der Waals surface area contributed by atoms with E-state index in [0.717, 1.165) is 30.7 Å². The van der Waals surface area contributed by atoms with Crippen LogP contribution in [0.4, 0.5) is 0 Å². The molecule has 42 heavy (non-hydrogen) atoms. The third-order valence-corrected chi connectivity index (χ3v) is 18.2. The third kappa shape index (κ3) is 5.07. The van der Waals surface area contributed by atoms with Gasteiger partial charge < -0.3 is 14.5 Å². The maximum atomic E-state index is 13.3. The van der Waals surface area contributed by atoms with Crippen molar-refractivity contribution in [3.8, 4) is 0 Å². The molecule has 232 valence electrons. The monoisotopic (exact) mass is 591 g/mol. The summed E-state index contributed by atoms with van der Waals surface area (Å²) < 4.78 is 13.4. The number of carbonyl (C=O) groups excluding carboxylic acids is 1. The molecule has 1 aliphatic heterocycles. The van der Waals surface area contributed by atoms with E-state index < -0.39 is 13.9 Å². The van der Waals surface area contributed by atoms with E-state index in [9.17, 15) is 4.79 Å². The Balaban J connectivity index is 1.15. The molecule has 4 nitrogen and oxygen atoms in total. The van der Waals surface area contributed by atoms with Gasteiger partial charge in [0, 0.05) is 18.6 Å². The van der Waals surface area contributed by atoms with Crippen molar-refractivity contribution >= 4 is 14.3 Å². The van der Waals surface area contributed by atoms with Gasteiger partial charge in [-0.1, -0.05) is 76.6 Å². The number of allylic oxidation sites excluding steroid dienone is 1. The van der Waals surface area contributed by atoms with Gasteiger partial charge >= 0.3 is 5.97 Å². The number of benzene rings is 1. The van der Waals surface area contributed by atoms with Crippen molar-refractivity contribution in [3.05, 3.63) is 47.5 Å². The fraction of sp³-hybridized carbons (Fsp3) is 0.757. The molecule has 0 spiro atoms. The summed E-state index contributed by atoms with van der Waals surface area (Å²) in [6.45, 7) is 20.1. The molecule has 1 saturated heterocycles. The number of morpholine rings is 1. The van der Waals surface area contributed by atoms with Gasteiger partial charge in [-0.15, -0.1) is 0 Å². The van der Waals surface area contributed by atoms with Crippen LogP contribution < -0.4 is 5.32 Å². The van der Waals surface area contributed by atoms with E-state index in [1.807, 2.05) is 18.2 Å². The van der Waals surface area contributed by atoms with Gasteiger partial charge in [0.2, 0.25) is 0 Å². The highest BCUT2D eigenvalue weighted by atomic mass is 28.4. The molecule has 0 bridgehead atoms. The molecule has 3 saturated carbocycles. The summed E-state index contributed by atoms with van der Waals surface area (Å²) >= 11 is 0. The Morgan fingerprint density at radius 3 is 2.43 bits per heavy atom. The number of hydrogen-bond acceptors (Lipinski definition) is 4. The van der Waals surface area contributed by atoms with Crippen LogP contribution in [0, 0.1) is 34.5 Å². The highest BCUT2D eigenvalue weighted by Crippen LogP contribution is 2.68. The van der Waals surface area contributed by atoms with Crippen molar-refractivity contribution < 1.29 is 14.0 Å². The molecule has 6 rings (SSSR count). The van der Waals surface area contributed by atoms with E-state index in [2.05, 4.69) is 78.2 Å². The highest BCUT2D eigenvalue weighted by Gasteiger charge is 2.63. The van der Waals surface area contributed by atoms with Crippen LogP contribution in [-0.2, 0) is 20.4 Å². The molecule has 0 radical (unpaired) electrons. The number of carbonyl (C=O) groups is 1. The molecule has 4 fully saturated rings. The quantitative estimate of drug-likeness (QED) is 0.212. The smallest absolute Gasteiger partial charge is 0.324 e. The number of nitrogens with one attached hydrogen (secondary N) is 1. The second-order valence-corrected chi connectivity index (χ2v) is 21.8. The predicted molar refractivity (Wildman–Crippen MR) is 174 cm³/mol. The van der Waals surface area contributed by atoms with Crippen LogP contribution >= 0.6 is 0 Å². The lowest BCUT2D eigenvalue weighted by atomic mass is 9.46. The van der Waals surface area contributed by atoms with Crippen LogP contribution in [0.15, 0.2) is 42.0 Å². The van der Waals surface area contributed by atoms with Crippen molar-refractivity contribution in [2.45, 2.75) is 135 Å². The Hall–Kier alpha value is -1.43. The van der Waals surface area contributed by atoms with Gasteiger partial charge in [-0.3, -0.25) is 4.79 Å². The molecular formula is C37H57NO3Si. The van der Waals surface area contributed by atoms with Crippen LogP contribution in [0.3, 0.4) is 0 Å².